The van der Waals surface area contributed by atoms with Crippen LogP contribution in [0.25, 0.3) is 6.08 Å². The van der Waals surface area contributed by atoms with E-state index >= 15 is 0 Å². The zero-order valence-electron chi connectivity index (χ0n) is 17.6. The molecule has 1 aliphatic rings. The van der Waals surface area contributed by atoms with E-state index < -0.39 is 4.92 Å². The van der Waals surface area contributed by atoms with Crippen LogP contribution in [0.15, 0.2) is 47.4 Å². The van der Waals surface area contributed by atoms with Crippen LogP contribution < -0.4 is 9.47 Å². The molecular formula is C22H22N2O7S. The third kappa shape index (κ3) is 5.65. The Labute approximate surface area is 189 Å². The van der Waals surface area contributed by atoms with Gasteiger partial charge in [0.25, 0.3) is 16.8 Å². The number of benzene rings is 2. The van der Waals surface area contributed by atoms with Crippen molar-refractivity contribution in [2.75, 3.05) is 27.4 Å². The van der Waals surface area contributed by atoms with Gasteiger partial charge in [-0.05, 0) is 47.5 Å². The molecule has 3 rings (SSSR count). The summed E-state index contributed by atoms with van der Waals surface area (Å²) in [5.74, 6) is 0.549. The van der Waals surface area contributed by atoms with Crippen molar-refractivity contribution in [3.63, 3.8) is 0 Å². The number of carbonyl (C=O) groups excluding carboxylic acids is 2. The number of hydrogen-bond acceptors (Lipinski definition) is 8. The maximum absolute atomic E-state index is 12.5. The minimum atomic E-state index is -0.460. The summed E-state index contributed by atoms with van der Waals surface area (Å²) in [7, 11) is 3.06. The Morgan fingerprint density at radius 1 is 1.12 bits per heavy atom. The third-order valence-electron chi connectivity index (χ3n) is 4.60. The van der Waals surface area contributed by atoms with Crippen molar-refractivity contribution in [3.8, 4) is 11.5 Å². The molecule has 1 heterocycles. The van der Waals surface area contributed by atoms with Gasteiger partial charge in [0.05, 0.1) is 16.9 Å². The molecule has 0 radical (unpaired) electrons. The maximum Gasteiger partial charge on any atom is 0.293 e. The van der Waals surface area contributed by atoms with Crippen molar-refractivity contribution in [1.29, 1.82) is 0 Å². The molecule has 2 aromatic carbocycles. The number of non-ortho nitro benzene ring substituents is 1. The molecule has 2 aromatic rings. The third-order valence-corrected chi connectivity index (χ3v) is 5.51. The predicted molar refractivity (Wildman–Crippen MR) is 120 cm³/mol. The van der Waals surface area contributed by atoms with Gasteiger partial charge in [-0.25, -0.2) is 0 Å². The molecule has 0 aromatic heterocycles. The molecule has 9 nitrogen and oxygen atoms in total. The number of carbonyl (C=O) groups is 2. The number of rotatable bonds is 10. The van der Waals surface area contributed by atoms with Crippen molar-refractivity contribution in [1.82, 2.24) is 4.90 Å². The van der Waals surface area contributed by atoms with Crippen molar-refractivity contribution in [2.24, 2.45) is 0 Å². The summed E-state index contributed by atoms with van der Waals surface area (Å²) in [6, 6.07) is 11.3. The zero-order valence-corrected chi connectivity index (χ0v) is 18.4. The summed E-state index contributed by atoms with van der Waals surface area (Å²) in [6.07, 6.45) is 2.21. The van der Waals surface area contributed by atoms with Gasteiger partial charge in [-0.1, -0.05) is 18.2 Å². The van der Waals surface area contributed by atoms with Crippen LogP contribution in [0.3, 0.4) is 0 Å². The van der Waals surface area contributed by atoms with Crippen molar-refractivity contribution < 1.29 is 28.7 Å². The van der Waals surface area contributed by atoms with E-state index in [2.05, 4.69) is 0 Å². The van der Waals surface area contributed by atoms with Gasteiger partial charge in [-0.2, -0.15) is 0 Å². The Balaban J connectivity index is 1.71. The molecule has 10 heteroatoms. The molecule has 1 fully saturated rings. The van der Waals surface area contributed by atoms with E-state index in [-0.39, 0.29) is 23.4 Å². The number of thioether (sulfide) groups is 1. The molecule has 0 bridgehead atoms. The standard InChI is InChI=1S/C22H22N2O7S/c1-29-10-4-9-23-21(25)20(32-22(23)26)13-15-7-8-18(19(12-15)30-2)31-14-16-5-3-6-17(11-16)24(27)28/h3,5-8,11-13H,4,9-10,14H2,1-2H3/b20-13+. The Bertz CT molecular complexity index is 1050. The Morgan fingerprint density at radius 2 is 1.94 bits per heavy atom. The monoisotopic (exact) mass is 458 g/mol. The average Bonchev–Trinajstić information content (AvgIpc) is 3.05. The van der Waals surface area contributed by atoms with Crippen LogP contribution in [0, 0.1) is 10.1 Å². The van der Waals surface area contributed by atoms with Gasteiger partial charge in [0.2, 0.25) is 0 Å². The van der Waals surface area contributed by atoms with Gasteiger partial charge in [-0.3, -0.25) is 24.6 Å². The molecule has 0 spiro atoms. The number of hydrogen-bond donors (Lipinski definition) is 0. The smallest absolute Gasteiger partial charge is 0.293 e. The SMILES string of the molecule is COCCCN1C(=O)S/C(=C/c2ccc(OCc3cccc([N+](=O)[O-])c3)c(OC)c2)C1=O. The van der Waals surface area contributed by atoms with Gasteiger partial charge in [0.1, 0.15) is 6.61 Å². The number of nitro benzene ring substituents is 1. The van der Waals surface area contributed by atoms with Crippen LogP contribution in [0.5, 0.6) is 11.5 Å². The first-order valence-corrected chi connectivity index (χ1v) is 10.5. The van der Waals surface area contributed by atoms with Crippen LogP contribution in [0.1, 0.15) is 17.5 Å². The van der Waals surface area contributed by atoms with E-state index in [0.717, 1.165) is 11.8 Å². The summed E-state index contributed by atoms with van der Waals surface area (Å²) < 4.78 is 16.1. The molecule has 0 atom stereocenters. The van der Waals surface area contributed by atoms with Gasteiger partial charge in [0, 0.05) is 32.4 Å². The second-order valence-corrected chi connectivity index (χ2v) is 7.80. The molecule has 1 aliphatic heterocycles. The number of imide groups is 1. The lowest BCUT2D eigenvalue weighted by molar-refractivity contribution is -0.384. The molecule has 0 saturated carbocycles. The van der Waals surface area contributed by atoms with Gasteiger partial charge in [-0.15, -0.1) is 0 Å². The average molecular weight is 458 g/mol. The molecular weight excluding hydrogens is 436 g/mol. The summed E-state index contributed by atoms with van der Waals surface area (Å²) in [4.78, 5) is 36.7. The number of methoxy groups -OCH3 is 2. The topological polar surface area (TPSA) is 108 Å². The maximum atomic E-state index is 12.5. The fourth-order valence-electron chi connectivity index (χ4n) is 3.03. The van der Waals surface area contributed by atoms with E-state index in [4.69, 9.17) is 14.2 Å². The van der Waals surface area contributed by atoms with E-state index in [1.165, 1.54) is 24.1 Å². The second-order valence-electron chi connectivity index (χ2n) is 6.81. The van der Waals surface area contributed by atoms with E-state index in [9.17, 15) is 19.7 Å². The van der Waals surface area contributed by atoms with Crippen LogP contribution in [-0.2, 0) is 16.1 Å². The van der Waals surface area contributed by atoms with Gasteiger partial charge < -0.3 is 14.2 Å². The Hall–Kier alpha value is -3.37. The minimum absolute atomic E-state index is 0.00965. The molecule has 2 amide bonds. The van der Waals surface area contributed by atoms with Gasteiger partial charge in [0.15, 0.2) is 11.5 Å². The summed E-state index contributed by atoms with van der Waals surface area (Å²) in [5, 5.41) is 10.6. The summed E-state index contributed by atoms with van der Waals surface area (Å²) in [5.41, 5.74) is 1.31. The molecule has 0 unspecified atom stereocenters. The van der Waals surface area contributed by atoms with E-state index in [0.29, 0.717) is 47.1 Å². The molecule has 1 saturated heterocycles. The highest BCUT2D eigenvalue weighted by atomic mass is 32.2. The molecule has 0 aliphatic carbocycles. The van der Waals surface area contributed by atoms with Crippen molar-refractivity contribution >= 4 is 34.7 Å². The quantitative estimate of drug-likeness (QED) is 0.225. The Morgan fingerprint density at radius 3 is 2.66 bits per heavy atom. The normalized spacial score (nSPS) is 14.8. The highest BCUT2D eigenvalue weighted by Gasteiger charge is 2.34. The fraction of sp³-hybridized carbons (Fsp3) is 0.273. The minimum Gasteiger partial charge on any atom is -0.493 e. The first-order chi connectivity index (χ1) is 15.4. The molecule has 0 N–H and O–H groups in total. The van der Waals surface area contributed by atoms with Crippen LogP contribution in [-0.4, -0.2) is 48.3 Å². The largest absolute Gasteiger partial charge is 0.493 e. The first-order valence-electron chi connectivity index (χ1n) is 9.71. The Kier molecular flexibility index (Phi) is 7.85. The first kappa shape index (κ1) is 23.3. The number of amides is 2. The lowest BCUT2D eigenvalue weighted by atomic mass is 10.1. The van der Waals surface area contributed by atoms with E-state index in [1.54, 1.807) is 43.5 Å². The number of ether oxygens (including phenoxy) is 3. The predicted octanol–water partition coefficient (Wildman–Crippen LogP) is 4.26. The lowest BCUT2D eigenvalue weighted by Crippen LogP contribution is -2.29. The number of nitrogens with zero attached hydrogens (tertiary/aromatic N) is 2. The molecule has 168 valence electrons. The van der Waals surface area contributed by atoms with Crippen LogP contribution >= 0.6 is 11.8 Å². The summed E-state index contributed by atoms with van der Waals surface area (Å²) >= 11 is 0.894. The second kappa shape index (κ2) is 10.8. The molecule has 32 heavy (non-hydrogen) atoms. The highest BCUT2D eigenvalue weighted by Crippen LogP contribution is 2.35. The van der Waals surface area contributed by atoms with Crippen LogP contribution in [0.4, 0.5) is 10.5 Å². The zero-order chi connectivity index (χ0) is 23.1. The van der Waals surface area contributed by atoms with Crippen LogP contribution in [0.2, 0.25) is 0 Å². The number of nitro groups is 1. The van der Waals surface area contributed by atoms with Crippen molar-refractivity contribution in [2.45, 2.75) is 13.0 Å². The van der Waals surface area contributed by atoms with E-state index in [1.807, 2.05) is 0 Å². The fourth-order valence-corrected chi connectivity index (χ4v) is 3.89. The van der Waals surface area contributed by atoms with Gasteiger partial charge >= 0.3 is 0 Å². The lowest BCUT2D eigenvalue weighted by Gasteiger charge is -2.12. The highest BCUT2D eigenvalue weighted by molar-refractivity contribution is 8.18. The van der Waals surface area contributed by atoms with Crippen molar-refractivity contribution in [3.05, 3.63) is 68.6 Å². The summed E-state index contributed by atoms with van der Waals surface area (Å²) in [6.45, 7) is 0.900.